The lowest BCUT2D eigenvalue weighted by Crippen LogP contribution is -2.55. The van der Waals surface area contributed by atoms with Crippen molar-refractivity contribution in [2.45, 2.75) is 213 Å². The summed E-state index contributed by atoms with van der Waals surface area (Å²) in [4.78, 5) is 13.1. The first-order valence-corrected chi connectivity index (χ1v) is 39.3. The van der Waals surface area contributed by atoms with Gasteiger partial charge in [0.15, 0.2) is 0 Å². The van der Waals surface area contributed by atoms with Crippen LogP contribution in [0, 0.1) is 51.8 Å². The van der Waals surface area contributed by atoms with Crippen molar-refractivity contribution in [3.05, 3.63) is 209 Å². The fourth-order valence-electron chi connectivity index (χ4n) is 26.2. The van der Waals surface area contributed by atoms with E-state index in [0.717, 1.165) is 58.2 Å². The van der Waals surface area contributed by atoms with Gasteiger partial charge in [-0.2, -0.15) is 0 Å². The van der Waals surface area contributed by atoms with Crippen molar-refractivity contribution < 1.29 is 19.3 Å². The summed E-state index contributed by atoms with van der Waals surface area (Å²) in [5, 5.41) is 28.5. The maximum atomic E-state index is 10.8. The molecule has 9 aliphatic carbocycles. The first-order chi connectivity index (χ1) is 48.6. The number of aromatic nitrogens is 3. The smallest absolute Gasteiger partial charge is 0.0975 e. The van der Waals surface area contributed by atoms with E-state index in [2.05, 4.69) is 187 Å². The van der Waals surface area contributed by atoms with Crippen molar-refractivity contribution in [2.75, 3.05) is 40.8 Å². The van der Waals surface area contributed by atoms with Crippen molar-refractivity contribution >= 4 is 32.3 Å². The molecule has 19 atom stereocenters. The van der Waals surface area contributed by atoms with Crippen LogP contribution in [0.25, 0.3) is 32.3 Å². The van der Waals surface area contributed by atoms with E-state index in [1.165, 1.54) is 173 Å². The lowest BCUT2D eigenvalue weighted by atomic mass is 9.56. The highest BCUT2D eigenvalue weighted by atomic mass is 16.5. The summed E-state index contributed by atoms with van der Waals surface area (Å²) < 4.78 is 22.1. The summed E-state index contributed by atoms with van der Waals surface area (Å²) in [5.74, 6) is 5.01. The van der Waals surface area contributed by atoms with E-state index >= 15 is 0 Å². The van der Waals surface area contributed by atoms with Gasteiger partial charge in [-0.3, -0.25) is 15.0 Å². The number of nitrogens with one attached hydrogen (secondary N) is 3. The maximum Gasteiger partial charge on any atom is 0.0975 e. The number of ether oxygens (including phenoxy) is 3. The molecule has 520 valence electrons. The van der Waals surface area contributed by atoms with E-state index in [-0.39, 0.29) is 56.5 Å². The third-order valence-corrected chi connectivity index (χ3v) is 30.8. The van der Waals surface area contributed by atoms with Gasteiger partial charge in [0.1, 0.15) is 0 Å². The standard InChI is InChI=1S/C30H36N2O2.C30H36N2O.C30H34N2O/c1-28-9-7-23-14-24-15-26(33)22(17-31-2)16-29(24)10-11-30(23,34-29)27(28)6-5-25(28)20-4-3-19-8-12-32-18-21(19)13-20;2*1-28-11-9-25-16-24-6-3-20(18-31-2)17-29(24)12-13-30(25,33-29)27(28)8-7-26(28)22-5-4-21-10-14-32-19-23(21)15-22/h3-4,8,12-15,18,22,25-27,31,33H,5-7,9-11,16-17H2,1-2H3;4-6,10,14-16,19-20,26-27,31H,3,7-9,11-13,17-18H2,1-2H3;3-6,9-10,14-16,19-20,26-27,31H,7-8,11-13,17-18H2,1-2H3/t22-,25-,26+,27-,28-,29-,30-;2*20-,26-,27-,28-,29-,30-/m111/s1. The van der Waals surface area contributed by atoms with Crippen LogP contribution in [0.4, 0.5) is 0 Å². The molecule has 0 radical (unpaired) electrons. The van der Waals surface area contributed by atoms with Gasteiger partial charge in [-0.05, 0) is 335 Å². The number of allylic oxidation sites excluding steroid dienone is 2. The molecule has 4 N–H and O–H groups in total. The van der Waals surface area contributed by atoms with Crippen molar-refractivity contribution in [1.82, 2.24) is 30.9 Å². The number of fused-ring (bicyclic) bond motifs is 6. The highest BCUT2D eigenvalue weighted by Gasteiger charge is 2.70. The molecular weight excluding hydrogens is 1230 g/mol. The summed E-state index contributed by atoms with van der Waals surface area (Å²) in [7, 11) is 6.12. The van der Waals surface area contributed by atoms with E-state index < -0.39 is 0 Å². The van der Waals surface area contributed by atoms with Gasteiger partial charge >= 0.3 is 0 Å². The average Bonchev–Trinajstić information content (AvgIpc) is 1.53. The van der Waals surface area contributed by atoms with E-state index in [1.807, 2.05) is 44.2 Å². The number of rotatable bonds is 9. The molecule has 15 aliphatic rings. The Morgan fingerprint density at radius 3 is 1.50 bits per heavy atom. The Balaban J connectivity index is 0.000000104. The largest absolute Gasteiger partial charge is 0.389 e. The number of pyridine rings is 3. The Morgan fingerprint density at radius 2 is 0.950 bits per heavy atom. The van der Waals surface area contributed by atoms with Gasteiger partial charge in [0.2, 0.25) is 0 Å². The minimum atomic E-state index is -0.381. The predicted molar refractivity (Wildman–Crippen MR) is 401 cm³/mol. The number of hydrogen-bond acceptors (Lipinski definition) is 10. The lowest BCUT2D eigenvalue weighted by molar-refractivity contribution is -0.148. The second-order valence-electron chi connectivity index (χ2n) is 35.3. The molecule has 5 saturated carbocycles. The molecule has 9 heterocycles. The average molecular weight is 1340 g/mol. The fraction of sp³-hybridized carbons (Fsp3) is 0.544. The SMILES string of the molecule is CNC[C@@H]1C=CC2=CC3=CC[C@]4(C)[C@@H](c5ccc6ccncc6c5)CC[C@H]4[C@@]34CC[C@]2(C1)O4.CNC[C@@H]1CC=C2C=C3CC[C@]4(C)[C@@H](c5ccc6ccncc6c5)CC[C@H]4[C@@]34CC[C@]2(C1)O4.CNC[C@H]1C[C@@]23CC[C@@]4(O2)C(=CC3=C[C@@H]1O)CC[C@]1(C)[C@@H](c2ccc3ccncc3c2)CC[C@H]14. The molecule has 21 rings (SSSR count). The van der Waals surface area contributed by atoms with Gasteiger partial charge in [0.25, 0.3) is 0 Å². The van der Waals surface area contributed by atoms with E-state index in [4.69, 9.17) is 14.2 Å². The maximum absolute atomic E-state index is 10.8. The summed E-state index contributed by atoms with van der Waals surface area (Å²) in [6.45, 7) is 10.7. The van der Waals surface area contributed by atoms with Gasteiger partial charge in [0.05, 0.1) is 39.7 Å². The van der Waals surface area contributed by atoms with Gasteiger partial charge in [-0.15, -0.1) is 0 Å². The van der Waals surface area contributed by atoms with Gasteiger partial charge in [-0.25, -0.2) is 0 Å². The first kappa shape index (κ1) is 64.6. The lowest BCUT2D eigenvalue weighted by Gasteiger charge is -2.55. The van der Waals surface area contributed by atoms with Crippen molar-refractivity contribution in [3.8, 4) is 0 Å². The van der Waals surface area contributed by atoms with Crippen LogP contribution in [0.1, 0.15) is 190 Å². The molecule has 8 fully saturated rings. The van der Waals surface area contributed by atoms with Crippen molar-refractivity contribution in [3.63, 3.8) is 0 Å². The Bertz CT molecular complexity index is 4530. The van der Waals surface area contributed by atoms with Crippen LogP contribution in [-0.4, -0.2) is 101 Å². The molecule has 100 heavy (non-hydrogen) atoms. The zero-order valence-electron chi connectivity index (χ0n) is 60.3. The van der Waals surface area contributed by atoms with Gasteiger partial charge in [0, 0.05) is 72.3 Å². The third-order valence-electron chi connectivity index (χ3n) is 30.8. The summed E-state index contributed by atoms with van der Waals surface area (Å²) in [6.07, 6.45) is 55.8. The first-order valence-electron chi connectivity index (χ1n) is 39.3. The molecule has 6 spiro atoms. The second-order valence-corrected chi connectivity index (χ2v) is 35.3. The second kappa shape index (κ2) is 23.7. The van der Waals surface area contributed by atoms with Gasteiger partial charge in [-0.1, -0.05) is 99.7 Å². The molecule has 10 nitrogen and oxygen atoms in total. The molecule has 6 bridgehead atoms. The normalized spacial score (nSPS) is 41.5. The monoisotopic (exact) mass is 1330 g/mol. The minimum absolute atomic E-state index is 0.0149. The Morgan fingerprint density at radius 1 is 0.460 bits per heavy atom. The third kappa shape index (κ3) is 9.53. The van der Waals surface area contributed by atoms with E-state index in [0.29, 0.717) is 52.8 Å². The van der Waals surface area contributed by atoms with Crippen molar-refractivity contribution in [2.24, 2.45) is 51.8 Å². The number of benzene rings is 3. The molecule has 6 aromatic rings. The zero-order chi connectivity index (χ0) is 67.7. The van der Waals surface area contributed by atoms with Crippen LogP contribution in [-0.2, 0) is 14.2 Å². The number of aliphatic hydroxyl groups excluding tert-OH is 1. The number of aliphatic hydroxyl groups is 1. The van der Waals surface area contributed by atoms with E-state index in [1.54, 1.807) is 5.57 Å². The highest BCUT2D eigenvalue weighted by molar-refractivity contribution is 5.84. The Labute approximate surface area is 593 Å². The van der Waals surface area contributed by atoms with Crippen LogP contribution in [0.3, 0.4) is 0 Å². The fourth-order valence-corrected chi connectivity index (χ4v) is 26.2. The molecule has 3 saturated heterocycles. The quantitative estimate of drug-likeness (QED) is 0.111. The van der Waals surface area contributed by atoms with Crippen LogP contribution in [0.2, 0.25) is 0 Å². The molecule has 0 unspecified atom stereocenters. The zero-order valence-corrected chi connectivity index (χ0v) is 60.3. The minimum Gasteiger partial charge on any atom is -0.389 e. The molecule has 0 amide bonds. The Hall–Kier alpha value is -6.21. The summed E-state index contributed by atoms with van der Waals surface area (Å²) >= 11 is 0. The van der Waals surface area contributed by atoms with Crippen LogP contribution < -0.4 is 16.0 Å². The number of hydrogen-bond donors (Lipinski definition) is 4. The Kier molecular flexibility index (Phi) is 15.3. The summed E-state index contributed by atoms with van der Waals surface area (Å²) in [5.41, 5.74) is 13.6. The molecule has 10 heteroatoms. The topological polar surface area (TPSA) is 123 Å². The van der Waals surface area contributed by atoms with Gasteiger partial charge < -0.3 is 35.3 Å². The molecule has 3 aromatic carbocycles. The summed E-state index contributed by atoms with van der Waals surface area (Å²) in [6, 6.07) is 27.6. The highest BCUT2D eigenvalue weighted by Crippen LogP contribution is 2.74. The van der Waals surface area contributed by atoms with Crippen LogP contribution in [0.5, 0.6) is 0 Å². The molecule has 6 aliphatic heterocycles. The molecule has 3 aromatic heterocycles. The predicted octanol–water partition coefficient (Wildman–Crippen LogP) is 17.7. The number of nitrogens with zero attached hydrogens (tertiary/aromatic N) is 3. The van der Waals surface area contributed by atoms with E-state index in [9.17, 15) is 5.11 Å². The van der Waals surface area contributed by atoms with Crippen LogP contribution >= 0.6 is 0 Å². The molecular formula is C90H106N6O4. The van der Waals surface area contributed by atoms with Crippen molar-refractivity contribution in [1.29, 1.82) is 0 Å². The van der Waals surface area contributed by atoms with Crippen LogP contribution in [0.15, 0.2) is 192 Å².